The summed E-state index contributed by atoms with van der Waals surface area (Å²) in [4.78, 5) is 12.6. The minimum Gasteiger partial charge on any atom is -0.494 e. The van der Waals surface area contributed by atoms with Crippen LogP contribution in [0.2, 0.25) is 0 Å². The van der Waals surface area contributed by atoms with E-state index in [1.807, 2.05) is 6.92 Å². The van der Waals surface area contributed by atoms with Crippen LogP contribution in [0.5, 0.6) is 5.75 Å². The van der Waals surface area contributed by atoms with Gasteiger partial charge in [-0.25, -0.2) is 17.5 Å². The molecule has 10 heteroatoms. The Morgan fingerprint density at radius 1 is 1.03 bits per heavy atom. The van der Waals surface area contributed by atoms with Crippen LogP contribution in [-0.2, 0) is 10.0 Å². The van der Waals surface area contributed by atoms with Gasteiger partial charge in [0.05, 0.1) is 11.5 Å². The summed E-state index contributed by atoms with van der Waals surface area (Å²) in [6.45, 7) is 2.35. The van der Waals surface area contributed by atoms with Crippen molar-refractivity contribution < 1.29 is 22.3 Å². The zero-order chi connectivity index (χ0) is 24.1. The fraction of sp³-hybridized carbons (Fsp3) is 0.0833. The molecule has 1 heterocycles. The molecule has 0 bridgehead atoms. The van der Waals surface area contributed by atoms with Gasteiger partial charge in [0.1, 0.15) is 11.4 Å². The highest BCUT2D eigenvalue weighted by molar-refractivity contribution is 7.92. The maximum Gasteiger partial charge on any atom is 0.261 e. The number of hydrogen-bond acceptors (Lipinski definition) is 5. The van der Waals surface area contributed by atoms with Gasteiger partial charge >= 0.3 is 0 Å². The van der Waals surface area contributed by atoms with Crippen molar-refractivity contribution in [3.8, 4) is 11.4 Å². The summed E-state index contributed by atoms with van der Waals surface area (Å²) >= 11 is 0. The van der Waals surface area contributed by atoms with Crippen molar-refractivity contribution in [1.29, 1.82) is 0 Å². The molecule has 3 aromatic carbocycles. The molecule has 4 aromatic rings. The number of nitrogens with one attached hydrogen (secondary N) is 2. The SMILES string of the molecule is CCOc1ccc(NS(=O)(=O)c2cccc(C(=O)Nc3ccc(-n4cccn4)c(F)c3)c2)cc1. The summed E-state index contributed by atoms with van der Waals surface area (Å²) in [5.41, 5.74) is 0.910. The first-order valence-corrected chi connectivity index (χ1v) is 11.8. The number of amides is 1. The number of halogens is 1. The number of ether oxygens (including phenoxy) is 1. The minimum atomic E-state index is -3.95. The van der Waals surface area contributed by atoms with Gasteiger partial charge in [-0.3, -0.25) is 9.52 Å². The number of sulfonamides is 1. The molecule has 34 heavy (non-hydrogen) atoms. The lowest BCUT2D eigenvalue weighted by atomic mass is 10.2. The van der Waals surface area contributed by atoms with Crippen LogP contribution < -0.4 is 14.8 Å². The van der Waals surface area contributed by atoms with Crippen LogP contribution in [0, 0.1) is 5.82 Å². The highest BCUT2D eigenvalue weighted by Crippen LogP contribution is 2.22. The Balaban J connectivity index is 1.49. The maximum atomic E-state index is 14.5. The van der Waals surface area contributed by atoms with Crippen LogP contribution in [0.4, 0.5) is 15.8 Å². The molecule has 0 aliphatic rings. The molecular weight excluding hydrogens is 459 g/mol. The summed E-state index contributed by atoms with van der Waals surface area (Å²) in [6.07, 6.45) is 3.13. The van der Waals surface area contributed by atoms with Crippen molar-refractivity contribution in [2.24, 2.45) is 0 Å². The number of carbonyl (C=O) groups excluding carboxylic acids is 1. The average molecular weight is 481 g/mol. The van der Waals surface area contributed by atoms with Gasteiger partial charge in [-0.15, -0.1) is 0 Å². The van der Waals surface area contributed by atoms with Gasteiger partial charge in [0.25, 0.3) is 15.9 Å². The standard InChI is InChI=1S/C24H21FN4O4S/c1-2-33-20-10-7-18(8-11-20)28-34(31,32)21-6-3-5-17(15-21)24(30)27-19-9-12-23(22(25)16-19)29-14-4-13-26-29/h3-16,28H,2H2,1H3,(H,27,30). The fourth-order valence-corrected chi connectivity index (χ4v) is 4.29. The Morgan fingerprint density at radius 2 is 1.79 bits per heavy atom. The third-order valence-corrected chi connectivity index (χ3v) is 6.16. The van der Waals surface area contributed by atoms with Crippen molar-refractivity contribution in [2.45, 2.75) is 11.8 Å². The van der Waals surface area contributed by atoms with Crippen LogP contribution in [0.3, 0.4) is 0 Å². The molecule has 4 rings (SSSR count). The molecule has 0 radical (unpaired) electrons. The highest BCUT2D eigenvalue weighted by Gasteiger charge is 2.17. The Kier molecular flexibility index (Phi) is 6.60. The third-order valence-electron chi connectivity index (χ3n) is 4.78. The van der Waals surface area contributed by atoms with Crippen molar-refractivity contribution in [3.05, 3.63) is 96.6 Å². The summed E-state index contributed by atoms with van der Waals surface area (Å²) in [6, 6.07) is 17.9. The topological polar surface area (TPSA) is 102 Å². The molecule has 2 N–H and O–H groups in total. The first-order chi connectivity index (χ1) is 16.4. The molecule has 1 amide bonds. The molecule has 1 aromatic heterocycles. The molecule has 0 spiro atoms. The van der Waals surface area contributed by atoms with Crippen molar-refractivity contribution >= 4 is 27.3 Å². The maximum absolute atomic E-state index is 14.5. The van der Waals surface area contributed by atoms with E-state index < -0.39 is 21.7 Å². The van der Waals surface area contributed by atoms with Crippen molar-refractivity contribution in [1.82, 2.24) is 9.78 Å². The van der Waals surface area contributed by atoms with E-state index in [0.29, 0.717) is 18.0 Å². The largest absolute Gasteiger partial charge is 0.494 e. The highest BCUT2D eigenvalue weighted by atomic mass is 32.2. The number of benzene rings is 3. The normalized spacial score (nSPS) is 11.1. The van der Waals surface area contributed by atoms with Gasteiger partial charge in [0.2, 0.25) is 0 Å². The van der Waals surface area contributed by atoms with Crippen LogP contribution in [0.15, 0.2) is 90.1 Å². The first kappa shape index (κ1) is 23.0. The van der Waals surface area contributed by atoms with Gasteiger partial charge in [-0.1, -0.05) is 6.07 Å². The minimum absolute atomic E-state index is 0.0887. The number of hydrogen-bond donors (Lipinski definition) is 2. The van der Waals surface area contributed by atoms with Gasteiger partial charge in [0, 0.05) is 29.3 Å². The Bertz CT molecular complexity index is 1410. The van der Waals surface area contributed by atoms with E-state index >= 15 is 0 Å². The van der Waals surface area contributed by atoms with Crippen LogP contribution in [0.1, 0.15) is 17.3 Å². The van der Waals surface area contributed by atoms with Crippen molar-refractivity contribution in [2.75, 3.05) is 16.6 Å². The molecular formula is C24H21FN4O4S. The lowest BCUT2D eigenvalue weighted by Gasteiger charge is -2.11. The number of nitrogens with zero attached hydrogens (tertiary/aromatic N) is 2. The summed E-state index contributed by atoms with van der Waals surface area (Å²) in [5, 5.41) is 6.56. The molecule has 8 nitrogen and oxygen atoms in total. The molecule has 0 fully saturated rings. The Morgan fingerprint density at radius 3 is 2.47 bits per heavy atom. The second kappa shape index (κ2) is 9.75. The second-order valence-corrected chi connectivity index (χ2v) is 8.84. The zero-order valence-corrected chi connectivity index (χ0v) is 18.9. The van der Waals surface area contributed by atoms with E-state index in [1.165, 1.54) is 53.3 Å². The number of carbonyl (C=O) groups is 1. The average Bonchev–Trinajstić information content (AvgIpc) is 3.35. The Labute approximate surface area is 196 Å². The molecule has 0 aliphatic heterocycles. The summed E-state index contributed by atoms with van der Waals surface area (Å²) in [7, 11) is -3.95. The predicted molar refractivity (Wildman–Crippen MR) is 126 cm³/mol. The van der Waals surface area contributed by atoms with E-state index in [0.717, 1.165) is 0 Å². The summed E-state index contributed by atoms with van der Waals surface area (Å²) in [5.74, 6) is -0.528. The molecule has 0 unspecified atom stereocenters. The van der Waals surface area contributed by atoms with E-state index in [2.05, 4.69) is 15.1 Å². The van der Waals surface area contributed by atoms with Crippen LogP contribution in [-0.4, -0.2) is 30.7 Å². The van der Waals surface area contributed by atoms with E-state index in [9.17, 15) is 17.6 Å². The molecule has 0 aliphatic carbocycles. The quantitative estimate of drug-likeness (QED) is 0.388. The second-order valence-electron chi connectivity index (χ2n) is 7.16. The lowest BCUT2D eigenvalue weighted by molar-refractivity contribution is 0.102. The zero-order valence-electron chi connectivity index (χ0n) is 18.1. The molecule has 174 valence electrons. The van der Waals surface area contributed by atoms with Crippen molar-refractivity contribution in [3.63, 3.8) is 0 Å². The first-order valence-electron chi connectivity index (χ1n) is 10.3. The lowest BCUT2D eigenvalue weighted by Crippen LogP contribution is -2.16. The number of aromatic nitrogens is 2. The van der Waals surface area contributed by atoms with Crippen LogP contribution >= 0.6 is 0 Å². The van der Waals surface area contributed by atoms with Gasteiger partial charge in [-0.05, 0) is 73.7 Å². The van der Waals surface area contributed by atoms with E-state index in [-0.39, 0.29) is 21.8 Å². The summed E-state index contributed by atoms with van der Waals surface area (Å²) < 4.78 is 49.3. The van der Waals surface area contributed by atoms with E-state index in [1.54, 1.807) is 36.5 Å². The smallest absolute Gasteiger partial charge is 0.261 e. The van der Waals surface area contributed by atoms with Gasteiger partial charge in [-0.2, -0.15) is 5.10 Å². The molecule has 0 saturated heterocycles. The van der Waals surface area contributed by atoms with E-state index in [4.69, 9.17) is 4.74 Å². The van der Waals surface area contributed by atoms with Gasteiger partial charge < -0.3 is 10.1 Å². The Hall–Kier alpha value is -4.18. The number of rotatable bonds is 8. The number of anilines is 2. The van der Waals surface area contributed by atoms with Crippen LogP contribution in [0.25, 0.3) is 5.69 Å². The van der Waals surface area contributed by atoms with Gasteiger partial charge in [0.15, 0.2) is 5.82 Å². The molecule has 0 atom stereocenters. The third kappa shape index (κ3) is 5.24. The monoisotopic (exact) mass is 480 g/mol. The molecule has 0 saturated carbocycles. The predicted octanol–water partition coefficient (Wildman–Crippen LogP) is 4.46. The fourth-order valence-electron chi connectivity index (χ4n) is 3.19.